The molecule has 1 aromatic heterocycles. The van der Waals surface area contributed by atoms with Gasteiger partial charge in [0.25, 0.3) is 0 Å². The van der Waals surface area contributed by atoms with Crippen LogP contribution in [0, 0.1) is 0 Å². The molecular weight excluding hydrogens is 236 g/mol. The van der Waals surface area contributed by atoms with E-state index in [-0.39, 0.29) is 5.54 Å². The van der Waals surface area contributed by atoms with Crippen LogP contribution < -0.4 is 4.90 Å². The van der Waals surface area contributed by atoms with Crippen molar-refractivity contribution >= 4 is 5.69 Å². The number of benzene rings is 1. The van der Waals surface area contributed by atoms with Gasteiger partial charge in [0.05, 0.1) is 12.2 Å². The van der Waals surface area contributed by atoms with E-state index in [9.17, 15) is 0 Å². The molecule has 3 nitrogen and oxygen atoms in total. The topological polar surface area (TPSA) is 29.3 Å². The molecular formula is C16H18N2O. The van der Waals surface area contributed by atoms with Crippen molar-refractivity contribution in [3.63, 3.8) is 0 Å². The summed E-state index contributed by atoms with van der Waals surface area (Å²) in [5, 5.41) is 4.04. The van der Waals surface area contributed by atoms with Crippen LogP contribution in [0.2, 0.25) is 0 Å². The Morgan fingerprint density at radius 3 is 2.68 bits per heavy atom. The first-order valence-corrected chi connectivity index (χ1v) is 7.12. The molecule has 0 saturated heterocycles. The lowest BCUT2D eigenvalue weighted by atomic mass is 9.94. The number of hydrogen-bond donors (Lipinski definition) is 0. The van der Waals surface area contributed by atoms with Gasteiger partial charge in [-0.05, 0) is 31.9 Å². The van der Waals surface area contributed by atoms with E-state index in [1.165, 1.54) is 36.9 Å². The smallest absolute Gasteiger partial charge is 0.167 e. The molecule has 0 N–H and O–H groups in total. The fraction of sp³-hybridized carbons (Fsp3) is 0.438. The molecule has 1 spiro atoms. The molecule has 2 aromatic rings. The molecule has 2 heterocycles. The minimum absolute atomic E-state index is 0.0482. The largest absolute Gasteiger partial charge is 0.358 e. The molecule has 1 aromatic carbocycles. The lowest BCUT2D eigenvalue weighted by molar-refractivity contribution is 0.288. The van der Waals surface area contributed by atoms with E-state index in [1.807, 2.05) is 6.20 Å². The molecule has 19 heavy (non-hydrogen) atoms. The number of anilines is 1. The van der Waals surface area contributed by atoms with Crippen LogP contribution in [0.15, 0.2) is 41.1 Å². The summed E-state index contributed by atoms with van der Waals surface area (Å²) in [4.78, 5) is 2.55. The highest BCUT2D eigenvalue weighted by molar-refractivity contribution is 5.58. The van der Waals surface area contributed by atoms with Crippen LogP contribution >= 0.6 is 0 Å². The second-order valence-electron chi connectivity index (χ2n) is 5.73. The molecule has 98 valence electrons. The quantitative estimate of drug-likeness (QED) is 0.769. The van der Waals surface area contributed by atoms with E-state index >= 15 is 0 Å². The van der Waals surface area contributed by atoms with E-state index in [2.05, 4.69) is 47.3 Å². The minimum atomic E-state index is 0.0482. The fourth-order valence-electron chi connectivity index (χ4n) is 4.00. The molecule has 3 heteroatoms. The van der Waals surface area contributed by atoms with Gasteiger partial charge in [-0.25, -0.2) is 0 Å². The molecule has 2 aliphatic rings. The van der Waals surface area contributed by atoms with Crippen LogP contribution in [-0.4, -0.2) is 5.16 Å². The number of hydrogen-bond acceptors (Lipinski definition) is 3. The summed E-state index contributed by atoms with van der Waals surface area (Å²) in [7, 11) is 0. The van der Waals surface area contributed by atoms with Gasteiger partial charge in [0, 0.05) is 11.3 Å². The zero-order valence-electron chi connectivity index (χ0n) is 11.2. The van der Waals surface area contributed by atoms with Crippen LogP contribution in [0.1, 0.15) is 50.0 Å². The third-order valence-corrected chi connectivity index (χ3v) is 4.78. The van der Waals surface area contributed by atoms with Crippen molar-refractivity contribution in [3.05, 3.63) is 47.9 Å². The highest BCUT2D eigenvalue weighted by Crippen LogP contribution is 2.55. The number of nitrogens with zero attached hydrogens (tertiary/aromatic N) is 2. The fourth-order valence-corrected chi connectivity index (χ4v) is 4.00. The van der Waals surface area contributed by atoms with Gasteiger partial charge in [0.1, 0.15) is 5.54 Å². The average Bonchev–Trinajstić information content (AvgIpc) is 3.13. The normalized spacial score (nSPS) is 24.1. The maximum absolute atomic E-state index is 5.64. The van der Waals surface area contributed by atoms with Gasteiger partial charge < -0.3 is 9.42 Å². The molecule has 1 atom stereocenters. The Bertz CT molecular complexity index is 584. The Morgan fingerprint density at radius 1 is 1.21 bits per heavy atom. The standard InChI is InChI=1S/C16H18N2O/c1-12-14-11-17-19-15(14)16(9-5-6-10-16)18(12)13-7-3-2-4-8-13/h2-4,7-8,11-12H,5-6,9-10H2,1H3. The van der Waals surface area contributed by atoms with Gasteiger partial charge >= 0.3 is 0 Å². The predicted octanol–water partition coefficient (Wildman–Crippen LogP) is 4.03. The van der Waals surface area contributed by atoms with Gasteiger partial charge in [0.2, 0.25) is 0 Å². The van der Waals surface area contributed by atoms with Crippen LogP contribution in [-0.2, 0) is 5.54 Å². The summed E-state index contributed by atoms with van der Waals surface area (Å²) < 4.78 is 5.64. The van der Waals surface area contributed by atoms with Crippen molar-refractivity contribution in [1.82, 2.24) is 5.16 Å². The molecule has 0 radical (unpaired) electrons. The number of fused-ring (bicyclic) bond motifs is 2. The third kappa shape index (κ3) is 1.36. The summed E-state index contributed by atoms with van der Waals surface area (Å²) in [6, 6.07) is 11.1. The Kier molecular flexibility index (Phi) is 2.25. The van der Waals surface area contributed by atoms with Crippen molar-refractivity contribution in [1.29, 1.82) is 0 Å². The summed E-state index contributed by atoms with van der Waals surface area (Å²) in [6.45, 7) is 2.26. The highest BCUT2D eigenvalue weighted by Gasteiger charge is 2.53. The maximum Gasteiger partial charge on any atom is 0.167 e. The third-order valence-electron chi connectivity index (χ3n) is 4.78. The van der Waals surface area contributed by atoms with Gasteiger partial charge in [-0.1, -0.05) is 36.2 Å². The summed E-state index contributed by atoms with van der Waals surface area (Å²) >= 11 is 0. The predicted molar refractivity (Wildman–Crippen MR) is 74.0 cm³/mol. The monoisotopic (exact) mass is 254 g/mol. The van der Waals surface area contributed by atoms with Gasteiger partial charge in [-0.3, -0.25) is 0 Å². The molecule has 1 saturated carbocycles. The number of rotatable bonds is 1. The Labute approximate surface area is 113 Å². The zero-order valence-corrected chi connectivity index (χ0v) is 11.2. The van der Waals surface area contributed by atoms with E-state index in [4.69, 9.17) is 4.52 Å². The molecule has 1 unspecified atom stereocenters. The van der Waals surface area contributed by atoms with Crippen LogP contribution in [0.25, 0.3) is 0 Å². The summed E-state index contributed by atoms with van der Waals surface area (Å²) in [6.07, 6.45) is 6.80. The number of para-hydroxylation sites is 1. The van der Waals surface area contributed by atoms with Crippen LogP contribution in [0.3, 0.4) is 0 Å². The van der Waals surface area contributed by atoms with E-state index in [0.29, 0.717) is 6.04 Å². The molecule has 1 fully saturated rings. The van der Waals surface area contributed by atoms with Gasteiger partial charge in [-0.2, -0.15) is 0 Å². The van der Waals surface area contributed by atoms with Crippen molar-refractivity contribution in [2.45, 2.75) is 44.2 Å². The molecule has 0 amide bonds. The highest BCUT2D eigenvalue weighted by atomic mass is 16.5. The van der Waals surface area contributed by atoms with E-state index in [0.717, 1.165) is 5.76 Å². The summed E-state index contributed by atoms with van der Waals surface area (Å²) in [5.41, 5.74) is 2.61. The molecule has 4 rings (SSSR count). The maximum atomic E-state index is 5.64. The van der Waals surface area contributed by atoms with Gasteiger partial charge in [0.15, 0.2) is 5.76 Å². The lowest BCUT2D eigenvalue weighted by Gasteiger charge is -2.39. The van der Waals surface area contributed by atoms with E-state index in [1.54, 1.807) is 0 Å². The summed E-state index contributed by atoms with van der Waals surface area (Å²) in [5.74, 6) is 1.11. The van der Waals surface area contributed by atoms with Crippen molar-refractivity contribution in [3.8, 4) is 0 Å². The Balaban J connectivity index is 1.89. The SMILES string of the molecule is CC1c2cnoc2C2(CCCC2)N1c1ccccc1. The first kappa shape index (κ1) is 11.1. The van der Waals surface area contributed by atoms with E-state index < -0.39 is 0 Å². The molecule has 1 aliphatic carbocycles. The Morgan fingerprint density at radius 2 is 1.95 bits per heavy atom. The zero-order chi connectivity index (χ0) is 12.9. The second-order valence-corrected chi connectivity index (χ2v) is 5.73. The van der Waals surface area contributed by atoms with Crippen LogP contribution in [0.4, 0.5) is 5.69 Å². The Hall–Kier alpha value is -1.77. The molecule has 1 aliphatic heterocycles. The van der Waals surface area contributed by atoms with Gasteiger partial charge in [-0.15, -0.1) is 0 Å². The molecule has 0 bridgehead atoms. The lowest BCUT2D eigenvalue weighted by Crippen LogP contribution is -2.40. The van der Waals surface area contributed by atoms with Crippen molar-refractivity contribution < 1.29 is 4.52 Å². The minimum Gasteiger partial charge on any atom is -0.358 e. The van der Waals surface area contributed by atoms with Crippen molar-refractivity contribution in [2.75, 3.05) is 4.90 Å². The average molecular weight is 254 g/mol. The first-order valence-electron chi connectivity index (χ1n) is 7.12. The first-order chi connectivity index (χ1) is 9.33. The number of aromatic nitrogens is 1. The van der Waals surface area contributed by atoms with Crippen LogP contribution in [0.5, 0.6) is 0 Å². The van der Waals surface area contributed by atoms with Crippen molar-refractivity contribution in [2.24, 2.45) is 0 Å². The second kappa shape index (κ2) is 3.86.